The van der Waals surface area contributed by atoms with Crippen molar-refractivity contribution in [1.82, 2.24) is 4.98 Å². The number of nitrogens with zero attached hydrogens (tertiary/aromatic N) is 2. The molecule has 0 bridgehead atoms. The number of aliphatic hydroxyl groups is 1. The van der Waals surface area contributed by atoms with Crippen LogP contribution < -0.4 is 16.4 Å². The maximum atomic E-state index is 10.8. The van der Waals surface area contributed by atoms with Gasteiger partial charge in [0.25, 0.3) is 0 Å². The monoisotopic (exact) mass is 269 g/mol. The first-order chi connectivity index (χ1) is 8.95. The van der Waals surface area contributed by atoms with Crippen molar-refractivity contribution in [2.75, 3.05) is 23.7 Å². The maximum Gasteiger partial charge on any atom is 0.311 e. The van der Waals surface area contributed by atoms with E-state index in [0.29, 0.717) is 12.4 Å². The summed E-state index contributed by atoms with van der Waals surface area (Å²) in [6.45, 7) is 2.21. The zero-order valence-corrected chi connectivity index (χ0v) is 10.3. The van der Waals surface area contributed by atoms with E-state index in [9.17, 15) is 20.0 Å². The number of primary amides is 1. The first-order valence-corrected chi connectivity index (χ1v) is 5.56. The van der Waals surface area contributed by atoms with Gasteiger partial charge < -0.3 is 21.5 Å². The molecule has 0 aliphatic carbocycles. The van der Waals surface area contributed by atoms with Crippen LogP contribution in [0.1, 0.15) is 6.92 Å². The van der Waals surface area contributed by atoms with Crippen LogP contribution in [0, 0.1) is 10.1 Å². The van der Waals surface area contributed by atoms with Crippen molar-refractivity contribution in [2.24, 2.45) is 5.73 Å². The summed E-state index contributed by atoms with van der Waals surface area (Å²) in [6.07, 6.45) is -1.44. The predicted octanol–water partition coefficient (Wildman–Crippen LogP) is -0.320. The summed E-state index contributed by atoms with van der Waals surface area (Å²) in [5.74, 6) is -0.508. The maximum absolute atomic E-state index is 10.8. The zero-order chi connectivity index (χ0) is 14.4. The molecule has 0 aliphatic heterocycles. The third-order valence-corrected chi connectivity index (χ3v) is 2.22. The van der Waals surface area contributed by atoms with E-state index >= 15 is 0 Å². The highest BCUT2D eigenvalue weighted by Gasteiger charge is 2.18. The van der Waals surface area contributed by atoms with E-state index in [0.717, 1.165) is 0 Å². The Morgan fingerprint density at radius 1 is 1.58 bits per heavy atom. The fourth-order valence-electron chi connectivity index (χ4n) is 1.30. The minimum absolute atomic E-state index is 0.0382. The highest BCUT2D eigenvalue weighted by atomic mass is 16.6. The lowest BCUT2D eigenvalue weighted by atomic mass is 10.3. The molecular weight excluding hydrogens is 254 g/mol. The number of hydrogen-bond donors (Lipinski definition) is 4. The Labute approximate surface area is 109 Å². The lowest BCUT2D eigenvalue weighted by Crippen LogP contribution is -2.34. The number of rotatable bonds is 7. The number of carbonyl (C=O) groups excluding carboxylic acids is 1. The van der Waals surface area contributed by atoms with Crippen molar-refractivity contribution < 1.29 is 14.8 Å². The van der Waals surface area contributed by atoms with Crippen molar-refractivity contribution in [3.05, 3.63) is 22.2 Å². The van der Waals surface area contributed by atoms with Crippen molar-refractivity contribution in [3.8, 4) is 0 Å². The van der Waals surface area contributed by atoms with Gasteiger partial charge in [0.15, 0.2) is 0 Å². The number of aromatic nitrogens is 1. The van der Waals surface area contributed by atoms with Gasteiger partial charge in [0.05, 0.1) is 11.5 Å². The summed E-state index contributed by atoms with van der Waals surface area (Å²) in [6, 6.07) is 2.75. The molecule has 0 saturated carbocycles. The molecule has 1 rings (SSSR count). The molecular formula is C10H15N5O4. The smallest absolute Gasteiger partial charge is 0.311 e. The average Bonchev–Trinajstić information content (AvgIpc) is 2.36. The molecule has 0 spiro atoms. The number of anilines is 2. The Morgan fingerprint density at radius 2 is 2.26 bits per heavy atom. The number of hydrogen-bond acceptors (Lipinski definition) is 7. The first kappa shape index (κ1) is 14.6. The van der Waals surface area contributed by atoms with E-state index in [1.165, 1.54) is 12.1 Å². The molecule has 0 radical (unpaired) electrons. The van der Waals surface area contributed by atoms with Crippen molar-refractivity contribution in [2.45, 2.75) is 13.0 Å². The molecule has 9 heteroatoms. The van der Waals surface area contributed by atoms with E-state index in [1.807, 2.05) is 6.92 Å². The molecule has 0 aromatic carbocycles. The SMILES string of the molecule is CCNc1ccc([N+](=O)[O-])c(NCC(O)C(N)=O)n1. The third-order valence-electron chi connectivity index (χ3n) is 2.22. The summed E-state index contributed by atoms with van der Waals surface area (Å²) in [7, 11) is 0. The number of pyridine rings is 1. The number of nitrogens with two attached hydrogens (primary N) is 1. The van der Waals surface area contributed by atoms with Crippen LogP contribution in [0.25, 0.3) is 0 Å². The van der Waals surface area contributed by atoms with Gasteiger partial charge >= 0.3 is 5.69 Å². The Morgan fingerprint density at radius 3 is 2.79 bits per heavy atom. The molecule has 5 N–H and O–H groups in total. The molecule has 0 saturated heterocycles. The molecule has 104 valence electrons. The molecule has 9 nitrogen and oxygen atoms in total. The van der Waals surface area contributed by atoms with Gasteiger partial charge in [-0.05, 0) is 13.0 Å². The van der Waals surface area contributed by atoms with Gasteiger partial charge in [-0.2, -0.15) is 0 Å². The zero-order valence-electron chi connectivity index (χ0n) is 10.3. The van der Waals surface area contributed by atoms with E-state index in [2.05, 4.69) is 15.6 Å². The molecule has 1 atom stereocenters. The number of amides is 1. The van der Waals surface area contributed by atoms with Crippen LogP contribution >= 0.6 is 0 Å². The van der Waals surface area contributed by atoms with Crippen LogP contribution in [0.15, 0.2) is 12.1 Å². The second kappa shape index (κ2) is 6.50. The Bertz CT molecular complexity index is 479. The van der Waals surface area contributed by atoms with Gasteiger partial charge in [-0.3, -0.25) is 14.9 Å². The normalized spacial score (nSPS) is 11.7. The van der Waals surface area contributed by atoms with E-state index in [4.69, 9.17) is 5.73 Å². The Kier molecular flexibility index (Phi) is 5.01. The average molecular weight is 269 g/mol. The van der Waals surface area contributed by atoms with Crippen molar-refractivity contribution in [1.29, 1.82) is 0 Å². The minimum Gasteiger partial charge on any atom is -0.381 e. The van der Waals surface area contributed by atoms with E-state index in [-0.39, 0.29) is 18.1 Å². The lowest BCUT2D eigenvalue weighted by Gasteiger charge is -2.10. The number of nitrogens with one attached hydrogen (secondary N) is 2. The number of carbonyl (C=O) groups is 1. The molecule has 0 fully saturated rings. The summed E-state index contributed by atoms with van der Waals surface area (Å²) in [5.41, 5.74) is 4.63. The largest absolute Gasteiger partial charge is 0.381 e. The predicted molar refractivity (Wildman–Crippen MR) is 68.7 cm³/mol. The quantitative estimate of drug-likeness (QED) is 0.392. The molecule has 1 aromatic heterocycles. The van der Waals surface area contributed by atoms with Crippen LogP contribution in [0.5, 0.6) is 0 Å². The number of nitro groups is 1. The third kappa shape index (κ3) is 4.07. The molecule has 19 heavy (non-hydrogen) atoms. The van der Waals surface area contributed by atoms with Gasteiger partial charge in [-0.15, -0.1) is 0 Å². The molecule has 0 aliphatic rings. The van der Waals surface area contributed by atoms with Crippen LogP contribution in [0.4, 0.5) is 17.3 Å². The molecule has 1 unspecified atom stereocenters. The summed E-state index contributed by atoms with van der Waals surface area (Å²) in [5, 5.41) is 25.5. The molecule has 1 amide bonds. The lowest BCUT2D eigenvalue weighted by molar-refractivity contribution is -0.384. The highest BCUT2D eigenvalue weighted by Crippen LogP contribution is 2.23. The van der Waals surface area contributed by atoms with E-state index in [1.54, 1.807) is 0 Å². The van der Waals surface area contributed by atoms with Crippen molar-refractivity contribution in [3.63, 3.8) is 0 Å². The second-order valence-electron chi connectivity index (χ2n) is 3.65. The van der Waals surface area contributed by atoms with Crippen LogP contribution in [0.2, 0.25) is 0 Å². The highest BCUT2D eigenvalue weighted by molar-refractivity contribution is 5.79. The van der Waals surface area contributed by atoms with Gasteiger partial charge in [0, 0.05) is 12.6 Å². The summed E-state index contributed by atoms with van der Waals surface area (Å²) in [4.78, 5) is 24.9. The van der Waals surface area contributed by atoms with Gasteiger partial charge in [-0.25, -0.2) is 4.98 Å². The first-order valence-electron chi connectivity index (χ1n) is 5.56. The van der Waals surface area contributed by atoms with Gasteiger partial charge in [0.1, 0.15) is 11.9 Å². The second-order valence-corrected chi connectivity index (χ2v) is 3.65. The fourth-order valence-corrected chi connectivity index (χ4v) is 1.30. The summed E-state index contributed by atoms with van der Waals surface area (Å²) >= 11 is 0. The molecule has 1 heterocycles. The van der Waals surface area contributed by atoms with E-state index < -0.39 is 16.9 Å². The van der Waals surface area contributed by atoms with Crippen LogP contribution in [-0.2, 0) is 4.79 Å². The standard InChI is InChI=1S/C10H15N5O4/c1-2-12-8-4-3-6(15(18)19)10(14-8)13-5-7(16)9(11)17/h3-4,7,16H,2,5H2,1H3,(H2,11,17)(H2,12,13,14). The van der Waals surface area contributed by atoms with Crippen LogP contribution in [0.3, 0.4) is 0 Å². The number of aliphatic hydroxyl groups excluding tert-OH is 1. The van der Waals surface area contributed by atoms with Crippen molar-refractivity contribution >= 4 is 23.2 Å². The molecule has 1 aromatic rings. The fraction of sp³-hybridized carbons (Fsp3) is 0.400. The minimum atomic E-state index is -1.44. The summed E-state index contributed by atoms with van der Waals surface area (Å²) < 4.78 is 0. The Balaban J connectivity index is 2.91. The Hall–Kier alpha value is -2.42. The van der Waals surface area contributed by atoms with Gasteiger partial charge in [0.2, 0.25) is 11.7 Å². The van der Waals surface area contributed by atoms with Gasteiger partial charge in [-0.1, -0.05) is 0 Å². The topological polar surface area (TPSA) is 143 Å². The van der Waals surface area contributed by atoms with Crippen LogP contribution in [-0.4, -0.2) is 40.1 Å².